The van der Waals surface area contributed by atoms with Crippen LogP contribution in [0.25, 0.3) is 0 Å². The lowest BCUT2D eigenvalue weighted by Gasteiger charge is -2.31. The predicted molar refractivity (Wildman–Crippen MR) is 120 cm³/mol. The molecule has 168 valence electrons. The van der Waals surface area contributed by atoms with Crippen molar-refractivity contribution in [1.82, 2.24) is 5.16 Å². The van der Waals surface area contributed by atoms with Crippen LogP contribution in [0, 0.1) is 5.41 Å². The molecular formula is C25H28N2O5. The number of carbonyl (C=O) groups is 2. The quantitative estimate of drug-likeness (QED) is 0.516. The van der Waals surface area contributed by atoms with Gasteiger partial charge in [0.25, 0.3) is 0 Å². The van der Waals surface area contributed by atoms with E-state index in [-0.39, 0.29) is 34.7 Å². The number of fused-ring (bicyclic) bond motifs is 1. The van der Waals surface area contributed by atoms with E-state index in [1.165, 1.54) is 0 Å². The fourth-order valence-corrected chi connectivity index (χ4v) is 4.46. The molecule has 0 unspecified atom stereocenters. The first-order chi connectivity index (χ1) is 15.3. The van der Waals surface area contributed by atoms with E-state index in [0.717, 1.165) is 6.42 Å². The van der Waals surface area contributed by atoms with Crippen LogP contribution in [0.3, 0.4) is 0 Å². The van der Waals surface area contributed by atoms with Crippen molar-refractivity contribution >= 4 is 23.0 Å². The van der Waals surface area contributed by atoms with Crippen LogP contribution in [0.5, 0.6) is 5.75 Å². The molecule has 0 spiro atoms. The molecule has 2 aliphatic carbocycles. The summed E-state index contributed by atoms with van der Waals surface area (Å²) in [5, 5.41) is 15.0. The topological polar surface area (TPSA) is 102 Å². The Kier molecular flexibility index (Phi) is 6.00. The van der Waals surface area contributed by atoms with Crippen molar-refractivity contribution in [2.24, 2.45) is 10.4 Å². The van der Waals surface area contributed by atoms with E-state index in [1.807, 2.05) is 32.0 Å². The molecule has 0 amide bonds. The number of nitrogens with zero attached hydrogens (tertiary/aromatic N) is 2. The second kappa shape index (κ2) is 8.73. The molecule has 2 aromatic rings. The Labute approximate surface area is 187 Å². The molecule has 1 aromatic heterocycles. The number of methoxy groups -OCH3 is 1. The Bertz CT molecular complexity index is 1120. The van der Waals surface area contributed by atoms with Crippen molar-refractivity contribution in [3.63, 3.8) is 0 Å². The molecule has 1 N–H and O–H groups in total. The standard InChI is InChI=1S/C25H28N2O5/c1-25(2)13-18(26-15-6-4-7-16(12-15)31-3)23(21(30)14-25)20(29)11-10-17-24-19(28)8-5-9-22(24)32-27-17/h4,6-7,12,29H,5,8-11,13-14H2,1-3H3/b23-20+,26-18?. The number of allylic oxidation sites excluding steroid dienone is 2. The van der Waals surface area contributed by atoms with Gasteiger partial charge in [-0.3, -0.25) is 14.6 Å². The third-order valence-electron chi connectivity index (χ3n) is 5.98. The van der Waals surface area contributed by atoms with Crippen molar-refractivity contribution in [3.05, 3.63) is 52.6 Å². The van der Waals surface area contributed by atoms with E-state index in [1.54, 1.807) is 13.2 Å². The molecule has 1 fully saturated rings. The van der Waals surface area contributed by atoms with Crippen molar-refractivity contribution in [1.29, 1.82) is 0 Å². The zero-order valence-corrected chi connectivity index (χ0v) is 18.7. The van der Waals surface area contributed by atoms with Gasteiger partial charge in [0.2, 0.25) is 0 Å². The van der Waals surface area contributed by atoms with Gasteiger partial charge in [-0.05, 0) is 30.4 Å². The van der Waals surface area contributed by atoms with Gasteiger partial charge in [0.1, 0.15) is 17.3 Å². The molecule has 1 saturated carbocycles. The maximum atomic E-state index is 13.0. The van der Waals surface area contributed by atoms with Gasteiger partial charge in [-0.1, -0.05) is 25.1 Å². The monoisotopic (exact) mass is 436 g/mol. The molecule has 7 heteroatoms. The molecule has 0 aliphatic heterocycles. The minimum atomic E-state index is -0.254. The van der Waals surface area contributed by atoms with Gasteiger partial charge in [0.05, 0.1) is 35.3 Å². The maximum absolute atomic E-state index is 13.0. The van der Waals surface area contributed by atoms with Crippen LogP contribution in [0.1, 0.15) is 67.8 Å². The number of Topliss-reactive ketones (excluding diaryl/α,β-unsaturated/α-hetero) is 2. The van der Waals surface area contributed by atoms with Gasteiger partial charge in [-0.25, -0.2) is 0 Å². The third-order valence-corrected chi connectivity index (χ3v) is 5.98. The average molecular weight is 437 g/mol. The van der Waals surface area contributed by atoms with Crippen molar-refractivity contribution in [3.8, 4) is 5.75 Å². The highest BCUT2D eigenvalue weighted by molar-refractivity contribution is 6.25. The number of hydrogen-bond donors (Lipinski definition) is 1. The Hall–Kier alpha value is -3.22. The highest BCUT2D eigenvalue weighted by Crippen LogP contribution is 2.37. The Morgan fingerprint density at radius 2 is 2.03 bits per heavy atom. The van der Waals surface area contributed by atoms with Crippen molar-refractivity contribution in [2.45, 2.75) is 58.8 Å². The van der Waals surface area contributed by atoms with E-state index in [4.69, 9.17) is 14.3 Å². The molecule has 4 rings (SSSR count). The molecule has 0 radical (unpaired) electrons. The number of rotatable bonds is 5. The minimum Gasteiger partial charge on any atom is -0.511 e. The fraction of sp³-hybridized carbons (Fsp3) is 0.440. The molecule has 1 aromatic carbocycles. The van der Waals surface area contributed by atoms with Gasteiger partial charge in [-0.2, -0.15) is 0 Å². The summed E-state index contributed by atoms with van der Waals surface area (Å²) in [4.78, 5) is 30.0. The molecule has 1 heterocycles. The highest BCUT2D eigenvalue weighted by atomic mass is 16.5. The SMILES string of the molecule is COc1cccc(N=C2CC(C)(C)CC(=O)/C2=C(/O)CCc2noc3c2C(=O)CCC3)c1. The van der Waals surface area contributed by atoms with E-state index in [9.17, 15) is 14.7 Å². The number of ketones is 2. The van der Waals surface area contributed by atoms with E-state index in [2.05, 4.69) is 5.16 Å². The van der Waals surface area contributed by atoms with Gasteiger partial charge >= 0.3 is 0 Å². The first-order valence-corrected chi connectivity index (χ1v) is 11.0. The normalized spacial score (nSPS) is 20.9. The molecule has 32 heavy (non-hydrogen) atoms. The first kappa shape index (κ1) is 22.0. The Morgan fingerprint density at radius 1 is 1.22 bits per heavy atom. The van der Waals surface area contributed by atoms with Crippen molar-refractivity contribution in [2.75, 3.05) is 7.11 Å². The van der Waals surface area contributed by atoms with Crippen LogP contribution in [0.15, 0.2) is 45.1 Å². The molecule has 7 nitrogen and oxygen atoms in total. The summed E-state index contributed by atoms with van der Waals surface area (Å²) < 4.78 is 10.6. The smallest absolute Gasteiger partial charge is 0.168 e. The van der Waals surface area contributed by atoms with E-state index >= 15 is 0 Å². The summed E-state index contributed by atoms with van der Waals surface area (Å²) in [6.45, 7) is 4.04. The number of hydrogen-bond acceptors (Lipinski definition) is 7. The van der Waals surface area contributed by atoms with Crippen LogP contribution in [0.2, 0.25) is 0 Å². The Balaban J connectivity index is 1.65. The van der Waals surface area contributed by atoms with Gasteiger partial charge in [0, 0.05) is 38.2 Å². The lowest BCUT2D eigenvalue weighted by atomic mass is 9.73. The van der Waals surface area contributed by atoms with E-state index in [0.29, 0.717) is 66.3 Å². The summed E-state index contributed by atoms with van der Waals surface area (Å²) >= 11 is 0. The number of aliphatic imine (C=N–C) groups is 1. The summed E-state index contributed by atoms with van der Waals surface area (Å²) in [5.74, 6) is 1.18. The summed E-state index contributed by atoms with van der Waals surface area (Å²) in [6, 6.07) is 7.29. The summed E-state index contributed by atoms with van der Waals surface area (Å²) in [5.41, 5.74) is 2.34. The zero-order valence-electron chi connectivity index (χ0n) is 18.7. The number of aliphatic hydroxyl groups excluding tert-OH is 1. The third kappa shape index (κ3) is 4.52. The average Bonchev–Trinajstić information content (AvgIpc) is 3.15. The van der Waals surface area contributed by atoms with Crippen molar-refractivity contribution < 1.29 is 24.0 Å². The lowest BCUT2D eigenvalue weighted by molar-refractivity contribution is -0.117. The van der Waals surface area contributed by atoms with Gasteiger partial charge in [0.15, 0.2) is 11.6 Å². The van der Waals surface area contributed by atoms with Crippen LogP contribution in [-0.2, 0) is 17.6 Å². The van der Waals surface area contributed by atoms with Crippen LogP contribution >= 0.6 is 0 Å². The largest absolute Gasteiger partial charge is 0.511 e. The number of carbonyl (C=O) groups excluding carboxylic acids is 2. The van der Waals surface area contributed by atoms with Crippen LogP contribution in [0.4, 0.5) is 5.69 Å². The second-order valence-corrected chi connectivity index (χ2v) is 9.23. The summed E-state index contributed by atoms with van der Waals surface area (Å²) in [6.07, 6.45) is 3.36. The predicted octanol–water partition coefficient (Wildman–Crippen LogP) is 5.11. The van der Waals surface area contributed by atoms with Gasteiger partial charge < -0.3 is 14.4 Å². The van der Waals surface area contributed by atoms with Gasteiger partial charge in [-0.15, -0.1) is 0 Å². The molecular weight excluding hydrogens is 408 g/mol. The first-order valence-electron chi connectivity index (χ1n) is 11.0. The minimum absolute atomic E-state index is 0.0212. The van der Waals surface area contributed by atoms with Crippen LogP contribution in [-0.4, -0.2) is 34.7 Å². The van der Waals surface area contributed by atoms with Crippen LogP contribution < -0.4 is 4.74 Å². The Morgan fingerprint density at radius 3 is 2.81 bits per heavy atom. The molecule has 0 atom stereocenters. The van der Waals surface area contributed by atoms with E-state index < -0.39 is 0 Å². The molecule has 0 bridgehead atoms. The maximum Gasteiger partial charge on any atom is 0.168 e. The lowest BCUT2D eigenvalue weighted by Crippen LogP contribution is -2.32. The number of ether oxygens (including phenoxy) is 1. The molecule has 0 saturated heterocycles. The molecule has 2 aliphatic rings. The highest BCUT2D eigenvalue weighted by Gasteiger charge is 2.36. The number of aliphatic hydroxyl groups is 1. The fourth-order valence-electron chi connectivity index (χ4n) is 4.46. The summed E-state index contributed by atoms with van der Waals surface area (Å²) in [7, 11) is 1.59. The second-order valence-electron chi connectivity index (χ2n) is 9.23. The number of aromatic nitrogens is 1. The zero-order chi connectivity index (χ0) is 22.9. The number of benzene rings is 1. The number of aryl methyl sites for hydroxylation is 2.